The number of amides is 3. The van der Waals surface area contributed by atoms with Gasteiger partial charge < -0.3 is 19.8 Å². The van der Waals surface area contributed by atoms with Crippen molar-refractivity contribution in [2.45, 2.75) is 24.4 Å². The second-order valence-electron chi connectivity index (χ2n) is 11.0. The molecule has 9 nitrogen and oxygen atoms in total. The zero-order chi connectivity index (χ0) is 29.2. The van der Waals surface area contributed by atoms with Crippen molar-refractivity contribution in [1.29, 1.82) is 0 Å². The van der Waals surface area contributed by atoms with Gasteiger partial charge >= 0.3 is 0 Å². The number of fused-ring (bicyclic) bond motifs is 5. The van der Waals surface area contributed by atoms with Gasteiger partial charge in [-0.1, -0.05) is 35.9 Å². The van der Waals surface area contributed by atoms with E-state index in [1.54, 1.807) is 38.5 Å². The number of halogens is 1. The number of methoxy groups -OCH3 is 2. The minimum Gasteiger partial charge on any atom is -0.493 e. The number of ether oxygens (including phenoxy) is 2. The molecular weight excluding hydrogens is 556 g/mol. The third-order valence-corrected chi connectivity index (χ3v) is 9.19. The maximum absolute atomic E-state index is 14.2. The highest BCUT2D eigenvalue weighted by atomic mass is 35.5. The minimum absolute atomic E-state index is 0.181. The fourth-order valence-electron chi connectivity index (χ4n) is 7.04. The molecule has 0 unspecified atom stereocenters. The minimum atomic E-state index is -1.41. The molecule has 4 heterocycles. The number of anilines is 1. The first kappa shape index (κ1) is 26.6. The Kier molecular flexibility index (Phi) is 6.25. The van der Waals surface area contributed by atoms with Gasteiger partial charge in [-0.3, -0.25) is 24.6 Å². The highest BCUT2D eigenvalue weighted by Crippen LogP contribution is 2.54. The van der Waals surface area contributed by atoms with Gasteiger partial charge in [-0.15, -0.1) is 0 Å². The number of para-hydroxylation sites is 1. The molecule has 3 aromatic carbocycles. The van der Waals surface area contributed by atoms with Crippen molar-refractivity contribution in [3.8, 4) is 11.5 Å². The quantitative estimate of drug-likeness (QED) is 0.283. The summed E-state index contributed by atoms with van der Waals surface area (Å²) in [5, 5.41) is 7.93. The number of benzene rings is 3. The van der Waals surface area contributed by atoms with Crippen LogP contribution in [0.3, 0.4) is 0 Å². The first-order valence-corrected chi connectivity index (χ1v) is 14.2. The van der Waals surface area contributed by atoms with Crippen LogP contribution in [0, 0.1) is 11.8 Å². The van der Waals surface area contributed by atoms with E-state index in [2.05, 4.69) is 15.6 Å². The van der Waals surface area contributed by atoms with E-state index in [0.29, 0.717) is 40.6 Å². The van der Waals surface area contributed by atoms with Crippen molar-refractivity contribution < 1.29 is 23.9 Å². The molecule has 2 saturated heterocycles. The third kappa shape index (κ3) is 3.84. The van der Waals surface area contributed by atoms with E-state index < -0.39 is 23.4 Å². The number of aromatic nitrogens is 1. The Labute approximate surface area is 247 Å². The number of carbonyl (C=O) groups excluding carboxylic acids is 3. The lowest BCUT2D eigenvalue weighted by atomic mass is 9.76. The lowest BCUT2D eigenvalue weighted by Crippen LogP contribution is -2.53. The number of carbonyl (C=O) groups is 3. The topological polar surface area (TPSA) is 113 Å². The molecular formula is C32H29ClN4O5. The summed E-state index contributed by atoms with van der Waals surface area (Å²) in [6, 6.07) is 18.2. The summed E-state index contributed by atoms with van der Waals surface area (Å²) < 4.78 is 10.8. The van der Waals surface area contributed by atoms with Crippen LogP contribution in [0.25, 0.3) is 10.9 Å². The van der Waals surface area contributed by atoms with Crippen LogP contribution >= 0.6 is 11.6 Å². The van der Waals surface area contributed by atoms with E-state index in [0.717, 1.165) is 22.0 Å². The van der Waals surface area contributed by atoms with E-state index in [1.807, 2.05) is 42.6 Å². The highest BCUT2D eigenvalue weighted by molar-refractivity contribution is 6.31. The fraction of sp³-hybridized carbons (Fsp3) is 0.281. The van der Waals surface area contributed by atoms with E-state index in [4.69, 9.17) is 21.1 Å². The molecule has 0 aliphatic carbocycles. The molecule has 1 spiro atoms. The van der Waals surface area contributed by atoms with Gasteiger partial charge in [-0.05, 0) is 60.4 Å². The summed E-state index contributed by atoms with van der Waals surface area (Å²) in [5.41, 5.74) is 2.66. The van der Waals surface area contributed by atoms with Crippen LogP contribution < -0.4 is 20.1 Å². The predicted molar refractivity (Wildman–Crippen MR) is 158 cm³/mol. The zero-order valence-electron chi connectivity index (χ0n) is 23.1. The number of imide groups is 1. The number of rotatable bonds is 7. The van der Waals surface area contributed by atoms with Gasteiger partial charge in [0.15, 0.2) is 11.5 Å². The number of nitrogens with one attached hydrogen (secondary N) is 3. The molecule has 3 aliphatic rings. The molecule has 1 aromatic heterocycles. The Morgan fingerprint density at radius 3 is 2.57 bits per heavy atom. The summed E-state index contributed by atoms with van der Waals surface area (Å²) in [5.74, 6) is -1.45. The van der Waals surface area contributed by atoms with Crippen molar-refractivity contribution >= 4 is 45.9 Å². The van der Waals surface area contributed by atoms with Crippen LogP contribution in [0.2, 0.25) is 5.02 Å². The van der Waals surface area contributed by atoms with Crippen LogP contribution in [0.5, 0.6) is 11.5 Å². The summed E-state index contributed by atoms with van der Waals surface area (Å²) in [6.45, 7) is 0.181. The second-order valence-corrected chi connectivity index (χ2v) is 11.5. The summed E-state index contributed by atoms with van der Waals surface area (Å²) in [6.07, 6.45) is 2.82. The van der Waals surface area contributed by atoms with Crippen molar-refractivity contribution in [3.63, 3.8) is 0 Å². The average molecular weight is 585 g/mol. The summed E-state index contributed by atoms with van der Waals surface area (Å²) in [4.78, 5) is 46.8. The molecule has 4 atom stereocenters. The molecule has 7 rings (SSSR count). The van der Waals surface area contributed by atoms with Gasteiger partial charge in [0, 0.05) is 46.0 Å². The smallest absolute Gasteiger partial charge is 0.250 e. The van der Waals surface area contributed by atoms with E-state index in [-0.39, 0.29) is 24.3 Å². The van der Waals surface area contributed by atoms with Gasteiger partial charge in [-0.25, -0.2) is 0 Å². The van der Waals surface area contributed by atoms with Crippen LogP contribution in [0.1, 0.15) is 16.7 Å². The number of hydrogen-bond acceptors (Lipinski definition) is 6. The molecule has 2 fully saturated rings. The van der Waals surface area contributed by atoms with E-state index >= 15 is 0 Å². The first-order valence-electron chi connectivity index (χ1n) is 13.9. The SMILES string of the molecule is COc1ccc(CCN2C(=O)[C@@H]3[C@H](Cc4c[nH]c5ccccc45)N[C@@]4(C(=O)Nc5ccc(Cl)cc54)[C@@H]3C2=O)cc1OC. The third-order valence-electron chi connectivity index (χ3n) is 8.96. The predicted octanol–water partition coefficient (Wildman–Crippen LogP) is 4.04. The lowest BCUT2D eigenvalue weighted by Gasteiger charge is -2.29. The molecule has 3 N–H and O–H groups in total. The first-order chi connectivity index (χ1) is 20.3. The van der Waals surface area contributed by atoms with Gasteiger partial charge in [0.1, 0.15) is 5.54 Å². The molecule has 10 heteroatoms. The Bertz CT molecular complexity index is 1770. The Morgan fingerprint density at radius 1 is 0.952 bits per heavy atom. The summed E-state index contributed by atoms with van der Waals surface area (Å²) >= 11 is 6.40. The highest BCUT2D eigenvalue weighted by Gasteiger charge is 2.70. The average Bonchev–Trinajstić information content (AvgIpc) is 3.71. The maximum Gasteiger partial charge on any atom is 0.250 e. The van der Waals surface area contributed by atoms with E-state index in [1.165, 1.54) is 4.90 Å². The van der Waals surface area contributed by atoms with Crippen molar-refractivity contribution in [1.82, 2.24) is 15.2 Å². The van der Waals surface area contributed by atoms with Crippen LogP contribution in [-0.4, -0.2) is 54.4 Å². The van der Waals surface area contributed by atoms with Gasteiger partial charge in [0.05, 0.1) is 26.1 Å². The van der Waals surface area contributed by atoms with Crippen molar-refractivity contribution in [3.05, 3.63) is 88.6 Å². The van der Waals surface area contributed by atoms with Crippen LogP contribution in [-0.2, 0) is 32.8 Å². The number of likely N-dealkylation sites (tertiary alicyclic amines) is 1. The zero-order valence-corrected chi connectivity index (χ0v) is 23.8. The Hall–Kier alpha value is -4.34. The number of aromatic amines is 1. The maximum atomic E-state index is 14.2. The van der Waals surface area contributed by atoms with Crippen molar-refractivity contribution in [2.75, 3.05) is 26.1 Å². The van der Waals surface area contributed by atoms with Gasteiger partial charge in [0.2, 0.25) is 17.7 Å². The molecule has 3 aliphatic heterocycles. The number of nitrogens with zero attached hydrogens (tertiary/aromatic N) is 1. The molecule has 3 amide bonds. The van der Waals surface area contributed by atoms with Gasteiger partial charge in [-0.2, -0.15) is 0 Å². The Balaban J connectivity index is 1.26. The normalized spacial score (nSPS) is 24.4. The fourth-order valence-corrected chi connectivity index (χ4v) is 7.22. The molecule has 0 bridgehead atoms. The molecule has 4 aromatic rings. The van der Waals surface area contributed by atoms with E-state index in [9.17, 15) is 14.4 Å². The standard InChI is InChI=1S/C32H29ClN4O5/c1-41-25-10-7-17(13-26(25)42-2)11-12-37-29(38)27-24(14-18-16-34-22-6-4-3-5-20(18)22)36-32(28(27)30(37)39)21-15-19(33)8-9-23(21)35-31(32)40/h3-10,13,15-16,24,27-28,34,36H,11-12,14H2,1-2H3,(H,35,40)/t24-,27+,28-,32+/m0/s1. The van der Waals surface area contributed by atoms with Gasteiger partial charge in [0.25, 0.3) is 0 Å². The molecule has 42 heavy (non-hydrogen) atoms. The number of H-pyrrole nitrogens is 1. The molecule has 0 saturated carbocycles. The number of hydrogen-bond donors (Lipinski definition) is 3. The lowest BCUT2D eigenvalue weighted by molar-refractivity contribution is -0.142. The molecule has 214 valence electrons. The monoisotopic (exact) mass is 584 g/mol. The van der Waals surface area contributed by atoms with Crippen molar-refractivity contribution in [2.24, 2.45) is 11.8 Å². The Morgan fingerprint density at radius 2 is 1.76 bits per heavy atom. The van der Waals surface area contributed by atoms with Crippen LogP contribution in [0.4, 0.5) is 5.69 Å². The second kappa shape index (κ2) is 9.89. The van der Waals surface area contributed by atoms with Crippen LogP contribution in [0.15, 0.2) is 66.9 Å². The molecule has 0 radical (unpaired) electrons. The largest absolute Gasteiger partial charge is 0.493 e. The summed E-state index contributed by atoms with van der Waals surface area (Å²) in [7, 11) is 3.13.